The second-order valence-electron chi connectivity index (χ2n) is 8.57. The summed E-state index contributed by atoms with van der Waals surface area (Å²) in [6, 6.07) is 16.3. The van der Waals surface area contributed by atoms with Gasteiger partial charge in [-0.15, -0.1) is 0 Å². The average Bonchev–Trinajstić information content (AvgIpc) is 3.14. The molecule has 7 heteroatoms. The van der Waals surface area contributed by atoms with Crippen molar-refractivity contribution >= 4 is 18.0 Å². The van der Waals surface area contributed by atoms with E-state index in [2.05, 4.69) is 29.6 Å². The maximum absolute atomic E-state index is 12.7. The maximum Gasteiger partial charge on any atom is 0.407 e. The van der Waals surface area contributed by atoms with Gasteiger partial charge in [-0.3, -0.25) is 9.59 Å². The number of benzene rings is 2. The number of ether oxygens (including phenoxy) is 1. The number of nitrogens with one attached hydrogen (secondary N) is 1. The minimum atomic E-state index is -0.869. The second-order valence-corrected chi connectivity index (χ2v) is 8.57. The molecular weight excluding hydrogens is 408 g/mol. The van der Waals surface area contributed by atoms with E-state index in [0.29, 0.717) is 19.4 Å². The van der Waals surface area contributed by atoms with Gasteiger partial charge in [-0.25, -0.2) is 4.79 Å². The van der Waals surface area contributed by atoms with Crippen LogP contribution in [0.3, 0.4) is 0 Å². The Kier molecular flexibility index (Phi) is 6.44. The first-order chi connectivity index (χ1) is 15.5. The molecule has 2 aromatic carbocycles. The summed E-state index contributed by atoms with van der Waals surface area (Å²) in [5, 5.41) is 11.9. The molecule has 2 aromatic rings. The quantitative estimate of drug-likeness (QED) is 0.723. The summed E-state index contributed by atoms with van der Waals surface area (Å²) in [6.45, 7) is 2.87. The van der Waals surface area contributed by atoms with Gasteiger partial charge in [-0.1, -0.05) is 55.5 Å². The number of carboxylic acid groups (broad SMARTS) is 1. The number of rotatable bonds is 6. The van der Waals surface area contributed by atoms with Gasteiger partial charge >= 0.3 is 12.1 Å². The fourth-order valence-corrected chi connectivity index (χ4v) is 4.66. The molecule has 4 rings (SSSR count). The largest absolute Gasteiger partial charge is 0.481 e. The van der Waals surface area contributed by atoms with Gasteiger partial charge in [0.05, 0.1) is 11.8 Å². The Balaban J connectivity index is 1.29. The number of fused-ring (bicyclic) bond motifs is 3. The highest BCUT2D eigenvalue weighted by atomic mass is 16.5. The number of likely N-dealkylation sites (tertiary alicyclic amines) is 1. The lowest BCUT2D eigenvalue weighted by Crippen LogP contribution is -2.46. The van der Waals surface area contributed by atoms with Crippen LogP contribution in [0.1, 0.15) is 36.8 Å². The number of hydrogen-bond donors (Lipinski definition) is 2. The fourth-order valence-electron chi connectivity index (χ4n) is 4.66. The fraction of sp³-hybridized carbons (Fsp3) is 0.400. The molecule has 7 nitrogen and oxygen atoms in total. The number of amides is 2. The zero-order valence-electron chi connectivity index (χ0n) is 18.1. The average molecular weight is 437 g/mol. The number of nitrogens with zero attached hydrogens (tertiary/aromatic N) is 1. The molecule has 1 heterocycles. The van der Waals surface area contributed by atoms with Crippen LogP contribution in [0.5, 0.6) is 0 Å². The van der Waals surface area contributed by atoms with E-state index in [-0.39, 0.29) is 31.5 Å². The molecule has 1 unspecified atom stereocenters. The highest BCUT2D eigenvalue weighted by Gasteiger charge is 2.31. The van der Waals surface area contributed by atoms with Gasteiger partial charge in [0.15, 0.2) is 0 Å². The van der Waals surface area contributed by atoms with E-state index in [4.69, 9.17) is 4.74 Å². The van der Waals surface area contributed by atoms with Gasteiger partial charge in [0, 0.05) is 25.6 Å². The Labute approximate surface area is 187 Å². The SMILES string of the molecule is CC(CNC(=O)OCC1c2ccccc2-c2ccccc21)C(=O)N1CCC[C@@H](C(=O)O)C1. The first-order valence-corrected chi connectivity index (χ1v) is 11.1. The Hall–Kier alpha value is -3.35. The van der Waals surface area contributed by atoms with Crippen LogP contribution in [0.15, 0.2) is 48.5 Å². The van der Waals surface area contributed by atoms with Gasteiger partial charge in [0.1, 0.15) is 6.61 Å². The number of carbonyl (C=O) groups excluding carboxylic acids is 2. The van der Waals surface area contributed by atoms with Gasteiger partial charge in [0.2, 0.25) is 5.91 Å². The van der Waals surface area contributed by atoms with Gasteiger partial charge in [-0.2, -0.15) is 0 Å². The van der Waals surface area contributed by atoms with E-state index in [1.807, 2.05) is 24.3 Å². The normalized spacial score (nSPS) is 18.4. The summed E-state index contributed by atoms with van der Waals surface area (Å²) in [4.78, 5) is 37.8. The molecule has 1 aliphatic carbocycles. The van der Waals surface area contributed by atoms with Crippen molar-refractivity contribution in [3.8, 4) is 11.1 Å². The predicted molar refractivity (Wildman–Crippen MR) is 119 cm³/mol. The summed E-state index contributed by atoms with van der Waals surface area (Å²) in [7, 11) is 0. The molecule has 1 fully saturated rings. The number of hydrogen-bond acceptors (Lipinski definition) is 4. The van der Waals surface area contributed by atoms with E-state index in [1.54, 1.807) is 11.8 Å². The van der Waals surface area contributed by atoms with Gasteiger partial charge in [0.25, 0.3) is 0 Å². The third-order valence-corrected chi connectivity index (χ3v) is 6.40. The summed E-state index contributed by atoms with van der Waals surface area (Å²) in [6.07, 6.45) is 0.703. The molecule has 0 spiro atoms. The van der Waals surface area contributed by atoms with Crippen molar-refractivity contribution in [1.29, 1.82) is 0 Å². The summed E-state index contributed by atoms with van der Waals surface area (Å²) >= 11 is 0. The van der Waals surface area contributed by atoms with Crippen LogP contribution in [0, 0.1) is 11.8 Å². The molecule has 2 N–H and O–H groups in total. The van der Waals surface area contributed by atoms with E-state index < -0.39 is 23.9 Å². The molecule has 2 amide bonds. The van der Waals surface area contributed by atoms with E-state index >= 15 is 0 Å². The minimum absolute atomic E-state index is 0.0199. The van der Waals surface area contributed by atoms with Crippen LogP contribution in [0.2, 0.25) is 0 Å². The molecule has 0 saturated carbocycles. The van der Waals surface area contributed by atoms with Crippen LogP contribution in [-0.2, 0) is 14.3 Å². The summed E-state index contributed by atoms with van der Waals surface area (Å²) < 4.78 is 5.51. The Morgan fingerprint density at radius 3 is 2.34 bits per heavy atom. The smallest absolute Gasteiger partial charge is 0.407 e. The summed E-state index contributed by atoms with van der Waals surface area (Å²) in [5.74, 6) is -2.01. The molecule has 1 aliphatic heterocycles. The minimum Gasteiger partial charge on any atom is -0.481 e. The zero-order chi connectivity index (χ0) is 22.7. The number of aliphatic carboxylic acids is 1. The van der Waals surface area contributed by atoms with Crippen molar-refractivity contribution in [3.05, 3.63) is 59.7 Å². The number of carbonyl (C=O) groups is 3. The lowest BCUT2D eigenvalue weighted by Gasteiger charge is -2.32. The lowest BCUT2D eigenvalue weighted by atomic mass is 9.97. The van der Waals surface area contributed by atoms with Crippen LogP contribution >= 0.6 is 0 Å². The summed E-state index contributed by atoms with van der Waals surface area (Å²) in [5.41, 5.74) is 4.61. The van der Waals surface area contributed by atoms with Crippen LogP contribution in [0.25, 0.3) is 11.1 Å². The first kappa shape index (κ1) is 21.9. The Morgan fingerprint density at radius 1 is 1.09 bits per heavy atom. The highest BCUT2D eigenvalue weighted by Crippen LogP contribution is 2.44. The standard InChI is InChI=1S/C25H28N2O5/c1-16(23(28)27-12-6-7-17(14-27)24(29)30)13-26-25(31)32-15-22-20-10-4-2-8-18(20)19-9-3-5-11-21(19)22/h2-5,8-11,16-17,22H,6-7,12-15H2,1H3,(H,26,31)(H,29,30)/t16?,17-/m1/s1. The monoisotopic (exact) mass is 436 g/mol. The van der Waals surface area contributed by atoms with Crippen LogP contribution in [-0.4, -0.2) is 54.2 Å². The van der Waals surface area contributed by atoms with E-state index in [9.17, 15) is 19.5 Å². The zero-order valence-corrected chi connectivity index (χ0v) is 18.1. The molecule has 0 aromatic heterocycles. The second kappa shape index (κ2) is 9.42. The van der Waals surface area contributed by atoms with Gasteiger partial charge < -0.3 is 20.1 Å². The lowest BCUT2D eigenvalue weighted by molar-refractivity contribution is -0.146. The maximum atomic E-state index is 12.7. The first-order valence-electron chi connectivity index (χ1n) is 11.1. The molecule has 0 radical (unpaired) electrons. The molecule has 32 heavy (non-hydrogen) atoms. The molecule has 168 valence electrons. The highest BCUT2D eigenvalue weighted by molar-refractivity contribution is 5.81. The third-order valence-electron chi connectivity index (χ3n) is 6.40. The molecule has 0 bridgehead atoms. The van der Waals surface area contributed by atoms with E-state index in [1.165, 1.54) is 0 Å². The number of carboxylic acids is 1. The molecule has 2 atom stereocenters. The van der Waals surface area contributed by atoms with E-state index in [0.717, 1.165) is 22.3 Å². The topological polar surface area (TPSA) is 95.9 Å². The molecule has 2 aliphatic rings. The Bertz CT molecular complexity index is 975. The van der Waals surface area contributed by atoms with Crippen molar-refractivity contribution in [2.75, 3.05) is 26.2 Å². The molecule has 1 saturated heterocycles. The van der Waals surface area contributed by atoms with Crippen molar-refractivity contribution in [3.63, 3.8) is 0 Å². The molecular formula is C25H28N2O5. The number of piperidine rings is 1. The van der Waals surface area contributed by atoms with Crippen molar-refractivity contribution in [1.82, 2.24) is 10.2 Å². The number of alkyl carbamates (subject to hydrolysis) is 1. The van der Waals surface area contributed by atoms with Crippen LogP contribution in [0.4, 0.5) is 4.79 Å². The van der Waals surface area contributed by atoms with Crippen molar-refractivity contribution in [2.24, 2.45) is 11.8 Å². The predicted octanol–water partition coefficient (Wildman–Crippen LogP) is 3.48. The Morgan fingerprint density at radius 2 is 1.72 bits per heavy atom. The van der Waals surface area contributed by atoms with Gasteiger partial charge in [-0.05, 0) is 35.1 Å². The third kappa shape index (κ3) is 4.47. The van der Waals surface area contributed by atoms with Crippen molar-refractivity contribution in [2.45, 2.75) is 25.7 Å². The van der Waals surface area contributed by atoms with Crippen LogP contribution < -0.4 is 5.32 Å². The van der Waals surface area contributed by atoms with Crippen molar-refractivity contribution < 1.29 is 24.2 Å².